The predicted molar refractivity (Wildman–Crippen MR) is 210 cm³/mol. The van der Waals surface area contributed by atoms with Crippen molar-refractivity contribution >= 4 is 17.4 Å². The molecule has 4 aromatic rings. The van der Waals surface area contributed by atoms with Crippen LogP contribution in [0.3, 0.4) is 0 Å². The second kappa shape index (κ2) is 17.5. The minimum absolute atomic E-state index is 0.0611. The van der Waals surface area contributed by atoms with Gasteiger partial charge in [0.05, 0.1) is 49.9 Å². The van der Waals surface area contributed by atoms with Gasteiger partial charge in [0.2, 0.25) is 0 Å². The third-order valence-corrected chi connectivity index (χ3v) is 9.79. The minimum atomic E-state index is -0.951. The van der Waals surface area contributed by atoms with Gasteiger partial charge in [-0.05, 0) is 103 Å². The predicted octanol–water partition coefficient (Wildman–Crippen LogP) is 8.62. The number of benzene rings is 2. The van der Waals surface area contributed by atoms with Gasteiger partial charge in [0.1, 0.15) is 17.2 Å². The van der Waals surface area contributed by atoms with Crippen molar-refractivity contribution in [1.29, 1.82) is 0 Å². The number of hydrogen-bond acceptors (Lipinski definition) is 9. The number of esters is 1. The first-order chi connectivity index (χ1) is 25.2. The number of carbonyl (C=O) groups is 1. The molecule has 1 fully saturated rings. The van der Waals surface area contributed by atoms with Crippen LogP contribution in [0.15, 0.2) is 54.7 Å². The molecule has 10 heteroatoms. The van der Waals surface area contributed by atoms with Crippen molar-refractivity contribution in [3.63, 3.8) is 0 Å². The van der Waals surface area contributed by atoms with E-state index in [4.69, 9.17) is 28.7 Å². The van der Waals surface area contributed by atoms with Crippen molar-refractivity contribution in [2.24, 2.45) is 0 Å². The van der Waals surface area contributed by atoms with E-state index >= 15 is 0 Å². The molecule has 10 nitrogen and oxygen atoms in total. The SMILES string of the molecule is CCCCO[C@H](C)COCCOC1(C)CCN(c2c([C@H](OC(C)(C)C)C(=O)OC)c(C)cc3nc(-c4cccc(-c5cc(C)ccc5O)c4)cn23)CC1. The molecule has 0 aliphatic carbocycles. The number of rotatable bonds is 16. The zero-order valence-electron chi connectivity index (χ0n) is 33.2. The van der Waals surface area contributed by atoms with Crippen LogP contribution >= 0.6 is 0 Å². The molecule has 0 bridgehead atoms. The van der Waals surface area contributed by atoms with Gasteiger partial charge in [0, 0.05) is 42.6 Å². The van der Waals surface area contributed by atoms with E-state index in [1.807, 2.05) is 84.1 Å². The van der Waals surface area contributed by atoms with Crippen LogP contribution in [0.2, 0.25) is 0 Å². The summed E-state index contributed by atoms with van der Waals surface area (Å²) in [6, 6.07) is 15.7. The molecule has 3 heterocycles. The lowest BCUT2D eigenvalue weighted by molar-refractivity contribution is -0.164. The summed E-state index contributed by atoms with van der Waals surface area (Å²) in [6.45, 7) is 19.9. The summed E-state index contributed by atoms with van der Waals surface area (Å²) < 4.78 is 32.0. The lowest BCUT2D eigenvalue weighted by Gasteiger charge is -2.41. The summed E-state index contributed by atoms with van der Waals surface area (Å²) in [5.41, 5.74) is 5.89. The van der Waals surface area contributed by atoms with Crippen LogP contribution in [0.5, 0.6) is 5.75 Å². The number of piperidine rings is 1. The first-order valence-corrected chi connectivity index (χ1v) is 19.0. The number of nitrogens with zero attached hydrogens (tertiary/aromatic N) is 3. The highest BCUT2D eigenvalue weighted by Crippen LogP contribution is 2.40. The molecule has 1 aliphatic rings. The highest BCUT2D eigenvalue weighted by molar-refractivity contribution is 5.81. The fraction of sp³-hybridized carbons (Fsp3) is 0.535. The summed E-state index contributed by atoms with van der Waals surface area (Å²) in [5, 5.41) is 10.7. The first-order valence-electron chi connectivity index (χ1n) is 19.0. The van der Waals surface area contributed by atoms with Crippen molar-refractivity contribution in [2.45, 2.75) is 104 Å². The highest BCUT2D eigenvalue weighted by Gasteiger charge is 2.37. The average molecular weight is 730 g/mol. The van der Waals surface area contributed by atoms with Crippen LogP contribution in [-0.4, -0.2) is 84.4 Å². The Bertz CT molecular complexity index is 1840. The van der Waals surface area contributed by atoms with E-state index in [1.165, 1.54) is 7.11 Å². The van der Waals surface area contributed by atoms with Crippen molar-refractivity contribution in [1.82, 2.24) is 9.38 Å². The Morgan fingerprint density at radius 3 is 2.45 bits per heavy atom. The molecule has 2 aromatic carbocycles. The van der Waals surface area contributed by atoms with Gasteiger partial charge < -0.3 is 33.7 Å². The van der Waals surface area contributed by atoms with Crippen LogP contribution in [0.1, 0.15) is 90.0 Å². The number of unbranched alkanes of at least 4 members (excludes halogenated alkanes) is 1. The highest BCUT2D eigenvalue weighted by atomic mass is 16.6. The number of methoxy groups -OCH3 is 1. The normalized spacial score (nSPS) is 15.8. The van der Waals surface area contributed by atoms with Crippen molar-refractivity contribution in [3.8, 4) is 28.1 Å². The van der Waals surface area contributed by atoms with E-state index in [1.54, 1.807) is 6.07 Å². The molecule has 0 saturated carbocycles. The quantitative estimate of drug-likeness (QED) is 0.0897. The Morgan fingerprint density at radius 1 is 1.02 bits per heavy atom. The number of aromatic nitrogens is 2. The molecule has 0 radical (unpaired) electrons. The third-order valence-electron chi connectivity index (χ3n) is 9.79. The van der Waals surface area contributed by atoms with E-state index in [-0.39, 0.29) is 17.5 Å². The Labute approximate surface area is 315 Å². The van der Waals surface area contributed by atoms with Crippen LogP contribution in [0.4, 0.5) is 5.82 Å². The van der Waals surface area contributed by atoms with Gasteiger partial charge in [-0.3, -0.25) is 4.40 Å². The first kappa shape index (κ1) is 40.2. The van der Waals surface area contributed by atoms with Crippen LogP contribution in [0.25, 0.3) is 28.0 Å². The van der Waals surface area contributed by atoms with Crippen LogP contribution in [-0.2, 0) is 28.5 Å². The van der Waals surface area contributed by atoms with Gasteiger partial charge in [-0.15, -0.1) is 0 Å². The number of aryl methyl sites for hydroxylation is 2. The Morgan fingerprint density at radius 2 is 1.75 bits per heavy atom. The summed E-state index contributed by atoms with van der Waals surface area (Å²) >= 11 is 0. The maximum absolute atomic E-state index is 13.5. The van der Waals surface area contributed by atoms with E-state index < -0.39 is 17.7 Å². The van der Waals surface area contributed by atoms with Gasteiger partial charge in [-0.2, -0.15) is 0 Å². The second-order valence-corrected chi connectivity index (χ2v) is 15.5. The van der Waals surface area contributed by atoms with Gasteiger partial charge in [-0.25, -0.2) is 9.78 Å². The molecule has 0 unspecified atom stereocenters. The minimum Gasteiger partial charge on any atom is -0.507 e. The number of fused-ring (bicyclic) bond motifs is 1. The molecular formula is C43H59N3O7. The Hall–Kier alpha value is -3.96. The van der Waals surface area contributed by atoms with Gasteiger partial charge in [0.25, 0.3) is 0 Å². The molecule has 1 aliphatic heterocycles. The largest absolute Gasteiger partial charge is 0.507 e. The standard InChI is InChI=1S/C43H59N3O7/c1-10-11-21-51-31(4)28-50-22-23-52-43(8)17-19-45(20-18-43)40-38(39(41(48)49-9)53-42(5,6)7)30(3)25-37-44-35(27-46(37)40)33-14-12-13-32(26-33)34-24-29(2)15-16-36(34)47/h12-16,24-27,31,39,47H,10-11,17-23,28H2,1-9H3/t31-,39+/m1/s1. The molecule has 5 rings (SSSR count). The summed E-state index contributed by atoms with van der Waals surface area (Å²) in [6.07, 6.45) is 4.88. The van der Waals surface area contributed by atoms with E-state index in [9.17, 15) is 9.90 Å². The number of aromatic hydroxyl groups is 1. The lowest BCUT2D eigenvalue weighted by Crippen LogP contribution is -2.46. The van der Waals surface area contributed by atoms with E-state index in [0.717, 1.165) is 82.8 Å². The summed E-state index contributed by atoms with van der Waals surface area (Å²) in [4.78, 5) is 20.9. The maximum Gasteiger partial charge on any atom is 0.339 e. The molecular weight excluding hydrogens is 670 g/mol. The molecule has 1 N–H and O–H groups in total. The topological polar surface area (TPSA) is 104 Å². The maximum atomic E-state index is 13.5. The second-order valence-electron chi connectivity index (χ2n) is 15.5. The number of carbonyl (C=O) groups excluding carboxylic acids is 1. The summed E-state index contributed by atoms with van der Waals surface area (Å²) in [7, 11) is 1.40. The molecule has 0 amide bonds. The van der Waals surface area contributed by atoms with Crippen molar-refractivity contribution < 1.29 is 33.6 Å². The van der Waals surface area contributed by atoms with Gasteiger partial charge >= 0.3 is 5.97 Å². The zero-order chi connectivity index (χ0) is 38.3. The van der Waals surface area contributed by atoms with E-state index in [2.05, 4.69) is 29.2 Å². The molecule has 2 aromatic heterocycles. The summed E-state index contributed by atoms with van der Waals surface area (Å²) in [5.74, 6) is 0.631. The number of phenols is 1. The Balaban J connectivity index is 1.45. The number of anilines is 1. The molecule has 2 atom stereocenters. The number of pyridine rings is 1. The lowest BCUT2D eigenvalue weighted by atomic mass is 9.92. The van der Waals surface area contributed by atoms with Crippen LogP contribution < -0.4 is 4.90 Å². The smallest absolute Gasteiger partial charge is 0.339 e. The van der Waals surface area contributed by atoms with Crippen molar-refractivity contribution in [2.75, 3.05) is 51.5 Å². The number of ether oxygens (including phenoxy) is 5. The molecule has 53 heavy (non-hydrogen) atoms. The average Bonchev–Trinajstić information content (AvgIpc) is 3.54. The Kier molecular flexibility index (Phi) is 13.2. The number of hydrogen-bond donors (Lipinski definition) is 1. The van der Waals surface area contributed by atoms with Crippen LogP contribution in [0, 0.1) is 13.8 Å². The zero-order valence-corrected chi connectivity index (χ0v) is 33.2. The number of imidazole rings is 1. The molecule has 1 saturated heterocycles. The fourth-order valence-corrected chi connectivity index (χ4v) is 6.85. The molecule has 288 valence electrons. The fourth-order valence-electron chi connectivity index (χ4n) is 6.85. The van der Waals surface area contributed by atoms with E-state index in [0.29, 0.717) is 32.9 Å². The third kappa shape index (κ3) is 10.2. The monoisotopic (exact) mass is 729 g/mol. The number of phenolic OH excluding ortho intramolecular Hbond substituents is 1. The molecule has 0 spiro atoms. The van der Waals surface area contributed by atoms with Gasteiger partial charge in [0.15, 0.2) is 6.10 Å². The van der Waals surface area contributed by atoms with Gasteiger partial charge in [-0.1, -0.05) is 43.2 Å². The van der Waals surface area contributed by atoms with Crippen molar-refractivity contribution in [3.05, 3.63) is 71.4 Å².